The van der Waals surface area contributed by atoms with Crippen molar-refractivity contribution in [1.29, 1.82) is 0 Å². The number of nitrogens with zero attached hydrogens (tertiary/aromatic N) is 1. The van der Waals surface area contributed by atoms with Gasteiger partial charge in [0.05, 0.1) is 25.5 Å². The zero-order valence-corrected chi connectivity index (χ0v) is 23.1. The SMILES string of the molecule is COCN(C(=O)OC(C)(C)C)[C@H]1CCC[C@H](Cc2ccc(OC)cc2)[C@@H](O/C=C/C(C)=O)[C@H](C)OC1O. The van der Waals surface area contributed by atoms with Crippen LogP contribution in [0.15, 0.2) is 36.6 Å². The second-order valence-electron chi connectivity index (χ2n) is 10.4. The van der Waals surface area contributed by atoms with Gasteiger partial charge in [-0.2, -0.15) is 0 Å². The van der Waals surface area contributed by atoms with Crippen molar-refractivity contribution in [3.63, 3.8) is 0 Å². The van der Waals surface area contributed by atoms with Gasteiger partial charge in [-0.25, -0.2) is 4.79 Å². The number of allylic oxidation sites excluding steroid dienone is 1. The summed E-state index contributed by atoms with van der Waals surface area (Å²) in [5, 5.41) is 11.1. The molecule has 9 heteroatoms. The molecular weight excluding hydrogens is 478 g/mol. The maximum Gasteiger partial charge on any atom is 0.412 e. The van der Waals surface area contributed by atoms with Gasteiger partial charge in [0.25, 0.3) is 0 Å². The molecule has 1 aromatic carbocycles. The third-order valence-electron chi connectivity index (χ3n) is 6.18. The maximum atomic E-state index is 13.0. The summed E-state index contributed by atoms with van der Waals surface area (Å²) in [6.07, 6.45) is 2.52. The van der Waals surface area contributed by atoms with E-state index in [1.54, 1.807) is 27.9 Å². The molecule has 1 aliphatic rings. The largest absolute Gasteiger partial charge is 0.497 e. The molecule has 1 N–H and O–H groups in total. The lowest BCUT2D eigenvalue weighted by Gasteiger charge is -2.36. The van der Waals surface area contributed by atoms with Gasteiger partial charge in [-0.3, -0.25) is 9.69 Å². The van der Waals surface area contributed by atoms with Crippen molar-refractivity contribution in [2.45, 2.75) is 90.4 Å². The second kappa shape index (κ2) is 14.4. The average Bonchev–Trinajstić information content (AvgIpc) is 2.86. The number of methoxy groups -OCH3 is 2. The van der Waals surface area contributed by atoms with Gasteiger partial charge in [0, 0.05) is 19.1 Å². The molecule has 0 saturated carbocycles. The Labute approximate surface area is 220 Å². The Balaban J connectivity index is 2.32. The van der Waals surface area contributed by atoms with Gasteiger partial charge >= 0.3 is 6.09 Å². The molecule has 0 bridgehead atoms. The summed E-state index contributed by atoms with van der Waals surface area (Å²) in [6.45, 7) is 8.59. The van der Waals surface area contributed by atoms with Gasteiger partial charge in [0.1, 0.15) is 24.2 Å². The smallest absolute Gasteiger partial charge is 0.412 e. The number of hydrogen-bond donors (Lipinski definition) is 1. The van der Waals surface area contributed by atoms with E-state index in [0.29, 0.717) is 19.3 Å². The summed E-state index contributed by atoms with van der Waals surface area (Å²) in [7, 11) is 3.11. The predicted octanol–water partition coefficient (Wildman–Crippen LogP) is 4.46. The molecule has 1 amide bonds. The van der Waals surface area contributed by atoms with Crippen molar-refractivity contribution in [3.8, 4) is 5.75 Å². The molecule has 2 rings (SSSR count). The minimum absolute atomic E-state index is 0.0170. The Morgan fingerprint density at radius 3 is 2.41 bits per heavy atom. The van der Waals surface area contributed by atoms with Gasteiger partial charge in [-0.05, 0) is 71.6 Å². The number of carbonyl (C=O) groups excluding carboxylic acids is 2. The molecule has 9 nitrogen and oxygen atoms in total. The molecule has 0 aliphatic carbocycles. The van der Waals surface area contributed by atoms with E-state index in [2.05, 4.69) is 0 Å². The van der Waals surface area contributed by atoms with Gasteiger partial charge in [0.15, 0.2) is 12.1 Å². The van der Waals surface area contributed by atoms with Crippen LogP contribution in [-0.4, -0.2) is 73.0 Å². The van der Waals surface area contributed by atoms with E-state index < -0.39 is 36.2 Å². The molecule has 37 heavy (non-hydrogen) atoms. The molecule has 0 spiro atoms. The van der Waals surface area contributed by atoms with Crippen molar-refractivity contribution in [2.75, 3.05) is 21.0 Å². The third-order valence-corrected chi connectivity index (χ3v) is 6.18. The molecule has 1 saturated heterocycles. The number of hydrogen-bond acceptors (Lipinski definition) is 8. The molecular formula is C28H43NO8. The summed E-state index contributed by atoms with van der Waals surface area (Å²) in [5.41, 5.74) is 0.403. The Kier molecular flexibility index (Phi) is 11.9. The Morgan fingerprint density at radius 2 is 1.84 bits per heavy atom. The Hall–Kier alpha value is -2.62. The van der Waals surface area contributed by atoms with Gasteiger partial charge in [-0.1, -0.05) is 18.6 Å². The molecule has 1 fully saturated rings. The zero-order chi connectivity index (χ0) is 27.6. The summed E-state index contributed by atoms with van der Waals surface area (Å²) in [5.74, 6) is 0.665. The number of ketones is 1. The number of benzene rings is 1. The number of rotatable bonds is 9. The summed E-state index contributed by atoms with van der Waals surface area (Å²) in [6, 6.07) is 7.18. The van der Waals surface area contributed by atoms with Gasteiger partial charge < -0.3 is 28.8 Å². The van der Waals surface area contributed by atoms with Crippen LogP contribution in [0.5, 0.6) is 5.75 Å². The van der Waals surface area contributed by atoms with Crippen LogP contribution in [-0.2, 0) is 30.2 Å². The van der Waals surface area contributed by atoms with E-state index in [-0.39, 0.29) is 18.4 Å². The van der Waals surface area contributed by atoms with Crippen molar-refractivity contribution in [3.05, 3.63) is 42.2 Å². The fourth-order valence-electron chi connectivity index (χ4n) is 4.45. The fourth-order valence-corrected chi connectivity index (χ4v) is 4.45. The van der Waals surface area contributed by atoms with E-state index in [4.69, 9.17) is 23.7 Å². The monoisotopic (exact) mass is 521 g/mol. The van der Waals surface area contributed by atoms with E-state index in [1.807, 2.05) is 31.2 Å². The Morgan fingerprint density at radius 1 is 1.16 bits per heavy atom. The number of aliphatic hydroxyl groups is 1. The minimum atomic E-state index is -1.29. The van der Waals surface area contributed by atoms with Crippen LogP contribution < -0.4 is 4.74 Å². The molecule has 0 aromatic heterocycles. The maximum absolute atomic E-state index is 13.0. The molecule has 208 valence electrons. The lowest BCUT2D eigenvalue weighted by molar-refractivity contribution is -0.196. The third kappa shape index (κ3) is 9.98. The first-order chi connectivity index (χ1) is 17.4. The number of aliphatic hydroxyl groups excluding tert-OH is 1. The molecule has 1 aromatic rings. The van der Waals surface area contributed by atoms with E-state index in [1.165, 1.54) is 31.3 Å². The van der Waals surface area contributed by atoms with E-state index in [9.17, 15) is 14.7 Å². The first-order valence-electron chi connectivity index (χ1n) is 12.7. The topological polar surface area (TPSA) is 104 Å². The van der Waals surface area contributed by atoms with E-state index in [0.717, 1.165) is 17.7 Å². The van der Waals surface area contributed by atoms with Crippen LogP contribution in [0.1, 0.15) is 59.4 Å². The summed E-state index contributed by atoms with van der Waals surface area (Å²) >= 11 is 0. The van der Waals surface area contributed by atoms with Crippen molar-refractivity contribution in [1.82, 2.24) is 4.90 Å². The highest BCUT2D eigenvalue weighted by Gasteiger charge is 2.38. The highest BCUT2D eigenvalue weighted by molar-refractivity contribution is 5.86. The van der Waals surface area contributed by atoms with Crippen LogP contribution in [0.25, 0.3) is 0 Å². The lowest BCUT2D eigenvalue weighted by Crippen LogP contribution is -2.51. The molecule has 1 heterocycles. The summed E-state index contributed by atoms with van der Waals surface area (Å²) in [4.78, 5) is 25.8. The van der Waals surface area contributed by atoms with Crippen molar-refractivity contribution >= 4 is 11.9 Å². The van der Waals surface area contributed by atoms with Crippen LogP contribution >= 0.6 is 0 Å². The van der Waals surface area contributed by atoms with Gasteiger partial charge in [0.2, 0.25) is 0 Å². The van der Waals surface area contributed by atoms with Gasteiger partial charge in [-0.15, -0.1) is 0 Å². The highest BCUT2D eigenvalue weighted by atomic mass is 16.6. The van der Waals surface area contributed by atoms with Crippen LogP contribution in [0.2, 0.25) is 0 Å². The van der Waals surface area contributed by atoms with Crippen LogP contribution in [0.3, 0.4) is 0 Å². The normalized spacial score (nSPS) is 25.0. The first-order valence-corrected chi connectivity index (χ1v) is 12.7. The molecule has 1 unspecified atom stereocenters. The number of ether oxygens (including phenoxy) is 5. The Bertz CT molecular complexity index is 879. The fraction of sp³-hybridized carbons (Fsp3) is 0.643. The second-order valence-corrected chi connectivity index (χ2v) is 10.4. The minimum Gasteiger partial charge on any atom is -0.497 e. The number of amides is 1. The van der Waals surface area contributed by atoms with E-state index >= 15 is 0 Å². The quantitative estimate of drug-likeness (QED) is 0.289. The van der Waals surface area contributed by atoms with Crippen molar-refractivity contribution in [2.24, 2.45) is 5.92 Å². The molecule has 5 atom stereocenters. The number of carbonyl (C=O) groups is 2. The van der Waals surface area contributed by atoms with Crippen LogP contribution in [0, 0.1) is 5.92 Å². The lowest BCUT2D eigenvalue weighted by atomic mass is 9.86. The van der Waals surface area contributed by atoms with Crippen molar-refractivity contribution < 1.29 is 38.4 Å². The van der Waals surface area contributed by atoms with Crippen LogP contribution in [0.4, 0.5) is 4.79 Å². The average molecular weight is 522 g/mol. The molecule has 0 radical (unpaired) electrons. The first kappa shape index (κ1) is 30.6. The highest BCUT2D eigenvalue weighted by Crippen LogP contribution is 2.30. The predicted molar refractivity (Wildman–Crippen MR) is 139 cm³/mol. The standard InChI is InChI=1S/C28H43NO8/c1-19(30)15-16-35-25-20(2)36-26(31)24(29(18-33-6)27(32)37-28(3,4)5)10-8-9-22(25)17-21-11-13-23(34-7)14-12-21/h11-16,20,22,24-26,31H,8-10,17-18H2,1-7H3/b16-15+/t20-,22+,24-,25-,26?/m0/s1. The summed E-state index contributed by atoms with van der Waals surface area (Å²) < 4.78 is 28.2. The molecule has 1 aliphatic heterocycles. The zero-order valence-electron chi connectivity index (χ0n) is 23.1.